The first-order chi connectivity index (χ1) is 22.0. The van der Waals surface area contributed by atoms with E-state index in [-0.39, 0.29) is 35.2 Å². The van der Waals surface area contributed by atoms with Crippen LogP contribution in [0.1, 0.15) is 61.3 Å². The van der Waals surface area contributed by atoms with E-state index in [1.54, 1.807) is 33.4 Å². The van der Waals surface area contributed by atoms with E-state index in [2.05, 4.69) is 9.97 Å². The van der Waals surface area contributed by atoms with Crippen molar-refractivity contribution in [3.63, 3.8) is 0 Å². The predicted octanol–water partition coefficient (Wildman–Crippen LogP) is 3.39. The second kappa shape index (κ2) is 15.5. The lowest BCUT2D eigenvalue weighted by molar-refractivity contribution is 0.0692. The fourth-order valence-corrected chi connectivity index (χ4v) is 4.85. The number of carbonyl (C=O) groups is 2. The van der Waals surface area contributed by atoms with E-state index in [1.165, 1.54) is 0 Å². The summed E-state index contributed by atoms with van der Waals surface area (Å²) in [7, 11) is 0. The number of rotatable bonds is 18. The molecule has 8 N–H and O–H groups in total. The summed E-state index contributed by atoms with van der Waals surface area (Å²) in [4.78, 5) is 32.9. The maximum atomic E-state index is 12.0. The van der Waals surface area contributed by atoms with Crippen molar-refractivity contribution in [3.05, 3.63) is 47.5 Å². The number of hydrogen-bond acceptors (Lipinski definition) is 10. The van der Waals surface area contributed by atoms with Gasteiger partial charge in [0, 0.05) is 37.1 Å². The zero-order valence-corrected chi connectivity index (χ0v) is 26.8. The highest BCUT2D eigenvalue weighted by molar-refractivity contribution is 5.99. The van der Waals surface area contributed by atoms with Gasteiger partial charge < -0.3 is 51.0 Å². The predicted molar refractivity (Wildman–Crippen MR) is 177 cm³/mol. The van der Waals surface area contributed by atoms with Crippen LogP contribution < -0.4 is 32.4 Å². The maximum absolute atomic E-state index is 12.0. The zero-order chi connectivity index (χ0) is 33.4. The molecule has 4 aromatic rings. The van der Waals surface area contributed by atoms with Crippen molar-refractivity contribution in [2.24, 2.45) is 11.5 Å². The number of aromatic nitrogens is 4. The van der Waals surface area contributed by atoms with Crippen LogP contribution in [0.15, 0.2) is 36.4 Å². The minimum absolute atomic E-state index is 0.120. The van der Waals surface area contributed by atoms with Gasteiger partial charge in [-0.05, 0) is 52.0 Å². The molecule has 0 aliphatic heterocycles. The number of anilines is 2. The molecule has 2 amide bonds. The Morgan fingerprint density at radius 3 is 1.43 bits per heavy atom. The summed E-state index contributed by atoms with van der Waals surface area (Å²) in [6.07, 6.45) is 5.37. The first-order valence-electron chi connectivity index (χ1n) is 15.3. The third-order valence-electron chi connectivity index (χ3n) is 6.98. The minimum atomic E-state index is -0.594. The molecule has 2 aromatic heterocycles. The quantitative estimate of drug-likeness (QED) is 0.0923. The highest BCUT2D eigenvalue weighted by Gasteiger charge is 2.18. The van der Waals surface area contributed by atoms with Crippen LogP contribution in [0.3, 0.4) is 0 Å². The van der Waals surface area contributed by atoms with Crippen LogP contribution in [0.4, 0.5) is 11.9 Å². The molecule has 0 spiro atoms. The summed E-state index contributed by atoms with van der Waals surface area (Å²) < 4.78 is 26.9. The summed E-state index contributed by atoms with van der Waals surface area (Å²) in [5.74, 6) is 0.204. The van der Waals surface area contributed by atoms with Gasteiger partial charge in [0.15, 0.2) is 0 Å². The van der Waals surface area contributed by atoms with Crippen molar-refractivity contribution in [2.75, 3.05) is 37.9 Å². The van der Waals surface area contributed by atoms with E-state index in [4.69, 9.17) is 41.9 Å². The normalized spacial score (nSPS) is 11.9. The molecule has 46 heavy (non-hydrogen) atoms. The fourth-order valence-electron chi connectivity index (χ4n) is 4.85. The molecule has 2 aromatic carbocycles. The highest BCUT2D eigenvalue weighted by Crippen LogP contribution is 2.32. The average molecular weight is 637 g/mol. The van der Waals surface area contributed by atoms with Gasteiger partial charge in [-0.2, -0.15) is 0 Å². The van der Waals surface area contributed by atoms with Crippen LogP contribution in [0.25, 0.3) is 22.1 Å². The Morgan fingerprint density at radius 1 is 0.696 bits per heavy atom. The van der Waals surface area contributed by atoms with Gasteiger partial charge in [-0.1, -0.05) is 12.2 Å². The Morgan fingerprint density at radius 2 is 1.09 bits per heavy atom. The van der Waals surface area contributed by atoms with Crippen molar-refractivity contribution >= 4 is 45.8 Å². The van der Waals surface area contributed by atoms with Crippen LogP contribution >= 0.6 is 0 Å². The van der Waals surface area contributed by atoms with Gasteiger partial charge in [0.05, 0.1) is 49.7 Å². The zero-order valence-electron chi connectivity index (χ0n) is 26.8. The second-order valence-corrected chi connectivity index (χ2v) is 11.3. The van der Waals surface area contributed by atoms with Gasteiger partial charge >= 0.3 is 0 Å². The number of primary amides is 2. The van der Waals surface area contributed by atoms with Crippen molar-refractivity contribution in [1.82, 2.24) is 19.1 Å². The molecule has 0 saturated carbocycles. The van der Waals surface area contributed by atoms with E-state index < -0.39 is 11.8 Å². The molecular formula is C32H44N8O6. The number of amides is 2. The largest absolute Gasteiger partial charge is 0.491 e. The number of nitrogens with zero attached hydrogens (tertiary/aromatic N) is 4. The van der Waals surface area contributed by atoms with E-state index in [0.29, 0.717) is 85.9 Å². The van der Waals surface area contributed by atoms with Crippen molar-refractivity contribution in [1.29, 1.82) is 0 Å². The monoisotopic (exact) mass is 636 g/mol. The lowest BCUT2D eigenvalue weighted by Crippen LogP contribution is -2.12. The molecular weight excluding hydrogens is 592 g/mol. The summed E-state index contributed by atoms with van der Waals surface area (Å²) in [5, 5.41) is 0. The second-order valence-electron chi connectivity index (χ2n) is 11.3. The molecule has 0 aliphatic carbocycles. The van der Waals surface area contributed by atoms with Crippen LogP contribution in [-0.4, -0.2) is 69.6 Å². The Kier molecular flexibility index (Phi) is 11.4. The van der Waals surface area contributed by atoms with Gasteiger partial charge in [-0.3, -0.25) is 9.59 Å². The lowest BCUT2D eigenvalue weighted by Gasteiger charge is -2.13. The lowest BCUT2D eigenvalue weighted by atomic mass is 10.1. The molecule has 0 radical (unpaired) electrons. The highest BCUT2D eigenvalue weighted by atomic mass is 16.5. The van der Waals surface area contributed by atoms with Gasteiger partial charge in [-0.15, -0.1) is 0 Å². The SMILES string of the molecule is CC(C)OCCCOc1cc(C(N)=O)cc2nc(N)n(C/C=C/Cn3c(N)nc4cc(C(N)=O)cc(OCCCOC(C)C)c43)c12. The number of carbonyl (C=O) groups excluding carboxylic acids is 2. The molecule has 0 fully saturated rings. The topological polar surface area (TPSA) is 211 Å². The number of hydrogen-bond donors (Lipinski definition) is 4. The Labute approximate surface area is 267 Å². The molecule has 0 unspecified atom stereocenters. The number of ether oxygens (including phenoxy) is 4. The number of fused-ring (bicyclic) bond motifs is 2. The van der Waals surface area contributed by atoms with E-state index in [9.17, 15) is 9.59 Å². The number of allylic oxidation sites excluding steroid dienone is 2. The molecule has 0 atom stereocenters. The summed E-state index contributed by atoms with van der Waals surface area (Å²) >= 11 is 0. The van der Waals surface area contributed by atoms with Gasteiger partial charge in [-0.25, -0.2) is 9.97 Å². The molecule has 4 rings (SSSR count). The van der Waals surface area contributed by atoms with Crippen molar-refractivity contribution in [2.45, 2.75) is 65.8 Å². The average Bonchev–Trinajstić information content (AvgIpc) is 3.48. The maximum Gasteiger partial charge on any atom is 0.248 e. The standard InChI is InChI=1S/C32H44N8O6/c1-19(2)43-11-7-13-45-25-17-21(29(33)41)15-23-27(25)39(31(35)37-23)9-5-6-10-40-28-24(38-32(40)36)16-22(30(34)42)18-26(28)46-14-8-12-44-20(3)4/h5-6,15-20H,7-14H2,1-4H3,(H2,33,41)(H2,34,42)(H2,35,37)(H2,36,38)/b6-5+. The molecule has 2 heterocycles. The smallest absolute Gasteiger partial charge is 0.248 e. The third-order valence-corrected chi connectivity index (χ3v) is 6.98. The Bertz CT molecular complexity index is 1580. The molecule has 14 heteroatoms. The Hall–Kier alpha value is -4.82. The minimum Gasteiger partial charge on any atom is -0.491 e. The number of nitrogen functional groups attached to an aromatic ring is 2. The number of nitrogens with two attached hydrogens (primary N) is 4. The van der Waals surface area contributed by atoms with Crippen LogP contribution in [-0.2, 0) is 22.6 Å². The summed E-state index contributed by atoms with van der Waals surface area (Å²) in [6, 6.07) is 6.39. The van der Waals surface area contributed by atoms with Crippen LogP contribution in [0.2, 0.25) is 0 Å². The molecule has 248 valence electrons. The first kappa shape index (κ1) is 34.1. The molecule has 0 saturated heterocycles. The van der Waals surface area contributed by atoms with E-state index in [1.807, 2.05) is 39.8 Å². The van der Waals surface area contributed by atoms with Gasteiger partial charge in [0.25, 0.3) is 0 Å². The summed E-state index contributed by atoms with van der Waals surface area (Å²) in [6.45, 7) is 10.4. The van der Waals surface area contributed by atoms with Gasteiger partial charge in [0.2, 0.25) is 23.7 Å². The molecule has 0 aliphatic rings. The first-order valence-corrected chi connectivity index (χ1v) is 15.3. The molecule has 14 nitrogen and oxygen atoms in total. The van der Waals surface area contributed by atoms with Gasteiger partial charge in [0.1, 0.15) is 22.5 Å². The number of imidazole rings is 2. The third kappa shape index (κ3) is 8.46. The van der Waals surface area contributed by atoms with E-state index >= 15 is 0 Å². The number of benzene rings is 2. The fraction of sp³-hybridized carbons (Fsp3) is 0.438. The van der Waals surface area contributed by atoms with Crippen LogP contribution in [0, 0.1) is 0 Å². The summed E-state index contributed by atoms with van der Waals surface area (Å²) in [5.41, 5.74) is 26.5. The molecule has 0 bridgehead atoms. The van der Waals surface area contributed by atoms with Crippen molar-refractivity contribution in [3.8, 4) is 11.5 Å². The van der Waals surface area contributed by atoms with E-state index in [0.717, 1.165) is 0 Å². The van der Waals surface area contributed by atoms with Crippen LogP contribution in [0.5, 0.6) is 11.5 Å². The Balaban J connectivity index is 1.56. The van der Waals surface area contributed by atoms with Crippen molar-refractivity contribution < 1.29 is 28.5 Å².